The van der Waals surface area contributed by atoms with E-state index in [1.54, 1.807) is 0 Å². The molecule has 2 N–H and O–H groups in total. The predicted molar refractivity (Wildman–Crippen MR) is 87.5 cm³/mol. The quantitative estimate of drug-likeness (QED) is 0.728. The molecule has 1 aliphatic rings. The minimum Gasteiger partial charge on any atom is -0.393 e. The number of rotatable bonds is 7. The van der Waals surface area contributed by atoms with Crippen LogP contribution in [0.15, 0.2) is 0 Å². The molecule has 4 heteroatoms. The van der Waals surface area contributed by atoms with Crippen molar-refractivity contribution >= 4 is 17.2 Å². The summed E-state index contributed by atoms with van der Waals surface area (Å²) in [5.41, 5.74) is 5.77. The molecule has 0 aliphatic carbocycles. The van der Waals surface area contributed by atoms with Crippen molar-refractivity contribution in [2.45, 2.75) is 40.5 Å². The van der Waals surface area contributed by atoms with Crippen LogP contribution >= 0.6 is 12.2 Å². The molecule has 0 bridgehead atoms. The molecule has 112 valence electrons. The topological polar surface area (TPSA) is 32.5 Å². The molecular formula is C15H31N3S. The van der Waals surface area contributed by atoms with Crippen molar-refractivity contribution in [1.29, 1.82) is 0 Å². The van der Waals surface area contributed by atoms with Crippen LogP contribution in [0.2, 0.25) is 0 Å². The largest absolute Gasteiger partial charge is 0.393 e. The number of hydrogen-bond acceptors (Lipinski definition) is 3. The molecule has 1 rings (SSSR count). The Morgan fingerprint density at radius 3 is 2.16 bits per heavy atom. The highest BCUT2D eigenvalue weighted by molar-refractivity contribution is 7.80. The lowest BCUT2D eigenvalue weighted by Gasteiger charge is -2.36. The summed E-state index contributed by atoms with van der Waals surface area (Å²) in [4.78, 5) is 5.81. The predicted octanol–water partition coefficient (Wildman–Crippen LogP) is 2.35. The van der Waals surface area contributed by atoms with Gasteiger partial charge in [-0.05, 0) is 25.3 Å². The van der Waals surface area contributed by atoms with E-state index >= 15 is 0 Å². The van der Waals surface area contributed by atoms with Gasteiger partial charge in [-0.2, -0.15) is 0 Å². The van der Waals surface area contributed by atoms with E-state index < -0.39 is 0 Å². The van der Waals surface area contributed by atoms with Crippen molar-refractivity contribution in [3.63, 3.8) is 0 Å². The monoisotopic (exact) mass is 285 g/mol. The summed E-state index contributed by atoms with van der Waals surface area (Å²) in [6, 6.07) is 0. The third-order valence-electron chi connectivity index (χ3n) is 4.03. The fraction of sp³-hybridized carbons (Fsp3) is 0.933. The zero-order valence-corrected chi connectivity index (χ0v) is 13.9. The Kier molecular flexibility index (Phi) is 6.71. The molecule has 0 unspecified atom stereocenters. The average Bonchev–Trinajstić information content (AvgIpc) is 2.30. The van der Waals surface area contributed by atoms with E-state index in [2.05, 4.69) is 37.5 Å². The van der Waals surface area contributed by atoms with Crippen LogP contribution in [0.5, 0.6) is 0 Å². The molecule has 0 aromatic heterocycles. The fourth-order valence-corrected chi connectivity index (χ4v) is 2.68. The highest BCUT2D eigenvalue weighted by Gasteiger charge is 2.22. The Morgan fingerprint density at radius 2 is 1.68 bits per heavy atom. The van der Waals surface area contributed by atoms with Gasteiger partial charge in [-0.3, -0.25) is 0 Å². The van der Waals surface area contributed by atoms with Gasteiger partial charge < -0.3 is 15.5 Å². The highest BCUT2D eigenvalue weighted by Crippen LogP contribution is 2.22. The first-order chi connectivity index (χ1) is 8.81. The molecule has 0 saturated carbocycles. The second-order valence-electron chi connectivity index (χ2n) is 6.89. The van der Waals surface area contributed by atoms with Crippen molar-refractivity contribution in [2.24, 2.45) is 17.1 Å². The molecule has 1 aliphatic heterocycles. The molecule has 0 aromatic carbocycles. The maximum atomic E-state index is 5.77. The molecule has 0 spiro atoms. The van der Waals surface area contributed by atoms with Crippen LogP contribution < -0.4 is 5.73 Å². The van der Waals surface area contributed by atoms with E-state index in [-0.39, 0.29) is 5.41 Å². The van der Waals surface area contributed by atoms with Crippen LogP contribution in [0, 0.1) is 11.3 Å². The molecule has 0 amide bonds. The van der Waals surface area contributed by atoms with Crippen molar-refractivity contribution in [2.75, 3.05) is 39.3 Å². The lowest BCUT2D eigenvalue weighted by molar-refractivity contribution is 0.119. The Balaban J connectivity index is 2.18. The van der Waals surface area contributed by atoms with E-state index in [1.165, 1.54) is 45.7 Å². The van der Waals surface area contributed by atoms with Crippen molar-refractivity contribution in [3.8, 4) is 0 Å². The first-order valence-electron chi connectivity index (χ1n) is 7.56. The average molecular weight is 286 g/mol. The number of nitrogens with zero attached hydrogens (tertiary/aromatic N) is 2. The fourth-order valence-electron chi connectivity index (χ4n) is 2.58. The lowest BCUT2D eigenvalue weighted by atomic mass is 9.88. The van der Waals surface area contributed by atoms with E-state index in [9.17, 15) is 0 Å². The maximum absolute atomic E-state index is 5.77. The summed E-state index contributed by atoms with van der Waals surface area (Å²) in [6.45, 7) is 16.2. The summed E-state index contributed by atoms with van der Waals surface area (Å²) < 4.78 is 0. The van der Waals surface area contributed by atoms with E-state index in [1.807, 2.05) is 0 Å². The molecule has 0 aromatic rings. The first kappa shape index (κ1) is 16.9. The Hall–Kier alpha value is -0.190. The summed E-state index contributed by atoms with van der Waals surface area (Å²) in [7, 11) is 0. The Morgan fingerprint density at radius 1 is 1.16 bits per heavy atom. The first-order valence-corrected chi connectivity index (χ1v) is 7.96. The summed E-state index contributed by atoms with van der Waals surface area (Å²) in [5.74, 6) is 0.776. The van der Waals surface area contributed by atoms with Gasteiger partial charge in [0.2, 0.25) is 0 Å². The number of piperazine rings is 1. The molecule has 1 heterocycles. The minimum atomic E-state index is 0.00873. The SMILES string of the molecule is CC(C)CN1CCN(CCCC(C)(C)C(N)=S)CC1. The number of thiocarbonyl (C=S) groups is 1. The van der Waals surface area contributed by atoms with Crippen LogP contribution in [0.4, 0.5) is 0 Å². The van der Waals surface area contributed by atoms with Gasteiger partial charge in [-0.15, -0.1) is 0 Å². The zero-order chi connectivity index (χ0) is 14.5. The van der Waals surface area contributed by atoms with Crippen LogP contribution in [0.25, 0.3) is 0 Å². The van der Waals surface area contributed by atoms with Crippen LogP contribution in [-0.4, -0.2) is 54.1 Å². The van der Waals surface area contributed by atoms with Gasteiger partial charge in [0.25, 0.3) is 0 Å². The zero-order valence-electron chi connectivity index (χ0n) is 13.1. The summed E-state index contributed by atoms with van der Waals surface area (Å²) in [6.07, 6.45) is 2.28. The third-order valence-corrected chi connectivity index (χ3v) is 4.58. The van der Waals surface area contributed by atoms with Gasteiger partial charge in [0.15, 0.2) is 0 Å². The second kappa shape index (κ2) is 7.55. The molecular weight excluding hydrogens is 254 g/mol. The standard InChI is InChI=1S/C15H31N3S/c1-13(2)12-18-10-8-17(9-11-18)7-5-6-15(3,4)14(16)19/h13H,5-12H2,1-4H3,(H2,16,19). The molecule has 1 saturated heterocycles. The minimum absolute atomic E-state index is 0.00873. The molecule has 0 radical (unpaired) electrons. The van der Waals surface area contributed by atoms with Crippen LogP contribution in [0.1, 0.15) is 40.5 Å². The van der Waals surface area contributed by atoms with Gasteiger partial charge >= 0.3 is 0 Å². The van der Waals surface area contributed by atoms with E-state index in [4.69, 9.17) is 18.0 Å². The second-order valence-corrected chi connectivity index (χ2v) is 7.33. The smallest absolute Gasteiger partial charge is 0.0784 e. The number of hydrogen-bond donors (Lipinski definition) is 1. The molecule has 19 heavy (non-hydrogen) atoms. The van der Waals surface area contributed by atoms with Crippen LogP contribution in [-0.2, 0) is 0 Å². The normalized spacial score (nSPS) is 19.0. The third kappa shape index (κ3) is 6.19. The lowest BCUT2D eigenvalue weighted by Crippen LogP contribution is -2.47. The Bertz CT molecular complexity index is 281. The van der Waals surface area contributed by atoms with Gasteiger partial charge in [-0.1, -0.05) is 39.9 Å². The number of nitrogens with two attached hydrogens (primary N) is 1. The Labute approximate surface area is 124 Å². The summed E-state index contributed by atoms with van der Waals surface area (Å²) >= 11 is 5.11. The van der Waals surface area contributed by atoms with E-state index in [0.29, 0.717) is 4.99 Å². The highest BCUT2D eigenvalue weighted by atomic mass is 32.1. The van der Waals surface area contributed by atoms with Crippen molar-refractivity contribution in [1.82, 2.24) is 9.80 Å². The van der Waals surface area contributed by atoms with E-state index in [0.717, 1.165) is 12.3 Å². The van der Waals surface area contributed by atoms with Crippen LogP contribution in [0.3, 0.4) is 0 Å². The maximum Gasteiger partial charge on any atom is 0.0784 e. The van der Waals surface area contributed by atoms with Crippen molar-refractivity contribution in [3.05, 3.63) is 0 Å². The summed E-state index contributed by atoms with van der Waals surface area (Å²) in [5, 5.41) is 0. The molecule has 3 nitrogen and oxygen atoms in total. The van der Waals surface area contributed by atoms with Gasteiger partial charge in [0.05, 0.1) is 4.99 Å². The van der Waals surface area contributed by atoms with Gasteiger partial charge in [0, 0.05) is 38.1 Å². The van der Waals surface area contributed by atoms with Crippen molar-refractivity contribution < 1.29 is 0 Å². The van der Waals surface area contributed by atoms with Gasteiger partial charge in [-0.25, -0.2) is 0 Å². The molecule has 1 fully saturated rings. The van der Waals surface area contributed by atoms with Gasteiger partial charge in [0.1, 0.15) is 0 Å². The molecule has 0 atom stereocenters.